The molecule has 1 saturated heterocycles. The van der Waals surface area contributed by atoms with Gasteiger partial charge >= 0.3 is 0 Å². The number of aryl methyl sites for hydroxylation is 2. The standard InChI is InChI=1S/C26H27N3O6S/c1-18-8-10-21(11-9-18)36(33,34)24(27-23(30)22-7-4-16-35-22)26(32)29-14-12-28(13-15-29)25(31)20-6-3-5-19(2)17-20/h3-11,16-17,24H,12-15H2,1-2H3,(H,27,30)/t24-/m1/s1. The van der Waals surface area contributed by atoms with E-state index in [4.69, 9.17) is 4.42 Å². The molecule has 0 aliphatic carbocycles. The lowest BCUT2D eigenvalue weighted by Crippen LogP contribution is -2.57. The monoisotopic (exact) mass is 509 g/mol. The van der Waals surface area contributed by atoms with Gasteiger partial charge in [-0.2, -0.15) is 0 Å². The molecule has 2 aromatic carbocycles. The largest absolute Gasteiger partial charge is 0.459 e. The summed E-state index contributed by atoms with van der Waals surface area (Å²) in [7, 11) is -4.28. The lowest BCUT2D eigenvalue weighted by molar-refractivity contribution is -0.132. The third-order valence-electron chi connectivity index (χ3n) is 6.03. The molecular weight excluding hydrogens is 482 g/mol. The first-order valence-electron chi connectivity index (χ1n) is 11.5. The molecule has 188 valence electrons. The normalized spacial score (nSPS) is 14.8. The summed E-state index contributed by atoms with van der Waals surface area (Å²) in [6, 6.07) is 16.2. The van der Waals surface area contributed by atoms with Crippen molar-refractivity contribution in [3.8, 4) is 0 Å². The fraction of sp³-hybridized carbons (Fsp3) is 0.269. The van der Waals surface area contributed by atoms with Gasteiger partial charge in [-0.15, -0.1) is 0 Å². The highest BCUT2D eigenvalue weighted by atomic mass is 32.2. The molecule has 1 aromatic heterocycles. The van der Waals surface area contributed by atoms with Crippen LogP contribution in [0.3, 0.4) is 0 Å². The number of nitrogens with zero attached hydrogens (tertiary/aromatic N) is 2. The fourth-order valence-electron chi connectivity index (χ4n) is 3.99. The third-order valence-corrected chi connectivity index (χ3v) is 7.90. The SMILES string of the molecule is Cc1ccc(S(=O)(=O)[C@@H](NC(=O)c2ccco2)C(=O)N2CCN(C(=O)c3cccc(C)c3)CC2)cc1. The third kappa shape index (κ3) is 5.33. The van der Waals surface area contributed by atoms with Crippen molar-refractivity contribution in [3.63, 3.8) is 0 Å². The van der Waals surface area contributed by atoms with Crippen LogP contribution in [0.5, 0.6) is 0 Å². The van der Waals surface area contributed by atoms with Crippen LogP contribution in [-0.4, -0.2) is 67.5 Å². The lowest BCUT2D eigenvalue weighted by Gasteiger charge is -2.36. The molecule has 9 nitrogen and oxygen atoms in total. The summed E-state index contributed by atoms with van der Waals surface area (Å²) in [5, 5.41) is 0.493. The Morgan fingerprint density at radius 3 is 2.14 bits per heavy atom. The topological polar surface area (TPSA) is 117 Å². The van der Waals surface area contributed by atoms with Crippen LogP contribution in [0.1, 0.15) is 32.0 Å². The predicted octanol–water partition coefficient (Wildman–Crippen LogP) is 2.41. The molecule has 36 heavy (non-hydrogen) atoms. The van der Waals surface area contributed by atoms with Crippen LogP contribution in [0.15, 0.2) is 76.2 Å². The summed E-state index contributed by atoms with van der Waals surface area (Å²) in [6.07, 6.45) is 1.28. The number of hydrogen-bond donors (Lipinski definition) is 1. The molecule has 2 heterocycles. The molecule has 1 aliphatic rings. The van der Waals surface area contributed by atoms with Crippen molar-refractivity contribution in [2.75, 3.05) is 26.2 Å². The highest BCUT2D eigenvalue weighted by Crippen LogP contribution is 2.19. The number of carbonyl (C=O) groups excluding carboxylic acids is 3. The Kier molecular flexibility index (Phi) is 7.25. The van der Waals surface area contributed by atoms with E-state index in [2.05, 4.69) is 5.32 Å². The second-order valence-corrected chi connectivity index (χ2v) is 10.7. The number of piperazine rings is 1. The average molecular weight is 510 g/mol. The van der Waals surface area contributed by atoms with Crippen molar-refractivity contribution >= 4 is 27.6 Å². The van der Waals surface area contributed by atoms with E-state index in [1.54, 1.807) is 29.2 Å². The Labute approximate surface area is 209 Å². The quantitative estimate of drug-likeness (QED) is 0.546. The van der Waals surface area contributed by atoms with Gasteiger partial charge in [0.2, 0.25) is 15.2 Å². The maximum absolute atomic E-state index is 13.5. The summed E-state index contributed by atoms with van der Waals surface area (Å²) in [4.78, 5) is 41.9. The number of nitrogens with one attached hydrogen (secondary N) is 1. The first-order valence-corrected chi connectivity index (χ1v) is 13.0. The highest BCUT2D eigenvalue weighted by molar-refractivity contribution is 7.92. The first-order chi connectivity index (χ1) is 17.2. The summed E-state index contributed by atoms with van der Waals surface area (Å²) in [6.45, 7) is 4.46. The molecular formula is C26H27N3O6S. The van der Waals surface area contributed by atoms with Crippen LogP contribution in [0.25, 0.3) is 0 Å². The molecule has 0 radical (unpaired) electrons. The minimum Gasteiger partial charge on any atom is -0.459 e. The summed E-state index contributed by atoms with van der Waals surface area (Å²) in [5.41, 5.74) is 2.37. The smallest absolute Gasteiger partial charge is 0.288 e. The van der Waals surface area contributed by atoms with E-state index in [-0.39, 0.29) is 42.7 Å². The van der Waals surface area contributed by atoms with E-state index in [0.717, 1.165) is 11.1 Å². The molecule has 3 aromatic rings. The van der Waals surface area contributed by atoms with Crippen LogP contribution < -0.4 is 5.32 Å². The van der Waals surface area contributed by atoms with Gasteiger partial charge in [0.25, 0.3) is 17.7 Å². The van der Waals surface area contributed by atoms with Crippen molar-refractivity contribution in [3.05, 3.63) is 89.4 Å². The Balaban J connectivity index is 1.53. The van der Waals surface area contributed by atoms with E-state index in [1.807, 2.05) is 26.0 Å². The Bertz CT molecular complexity index is 1360. The second kappa shape index (κ2) is 10.4. The van der Waals surface area contributed by atoms with Gasteiger partial charge in [0, 0.05) is 31.7 Å². The zero-order chi connectivity index (χ0) is 25.9. The van der Waals surface area contributed by atoms with Crippen molar-refractivity contribution in [2.24, 2.45) is 0 Å². The van der Waals surface area contributed by atoms with Crippen molar-refractivity contribution in [1.82, 2.24) is 15.1 Å². The predicted molar refractivity (Wildman–Crippen MR) is 132 cm³/mol. The van der Waals surface area contributed by atoms with Gasteiger partial charge in [-0.25, -0.2) is 8.42 Å². The van der Waals surface area contributed by atoms with Gasteiger partial charge in [0.15, 0.2) is 5.76 Å². The molecule has 1 atom stereocenters. The summed E-state index contributed by atoms with van der Waals surface area (Å²) < 4.78 is 32.0. The molecule has 1 N–H and O–H groups in total. The molecule has 1 fully saturated rings. The number of benzene rings is 2. The molecule has 0 saturated carbocycles. The van der Waals surface area contributed by atoms with E-state index < -0.39 is 27.0 Å². The van der Waals surface area contributed by atoms with Crippen LogP contribution >= 0.6 is 0 Å². The molecule has 0 unspecified atom stereocenters. The fourth-order valence-corrected chi connectivity index (χ4v) is 5.45. The maximum atomic E-state index is 13.5. The van der Waals surface area contributed by atoms with Crippen LogP contribution in [-0.2, 0) is 14.6 Å². The van der Waals surface area contributed by atoms with E-state index in [9.17, 15) is 22.8 Å². The zero-order valence-electron chi connectivity index (χ0n) is 20.0. The van der Waals surface area contributed by atoms with E-state index in [0.29, 0.717) is 5.56 Å². The molecule has 4 rings (SSSR count). The van der Waals surface area contributed by atoms with Crippen LogP contribution in [0.4, 0.5) is 0 Å². The summed E-state index contributed by atoms with van der Waals surface area (Å²) >= 11 is 0. The van der Waals surface area contributed by atoms with Crippen LogP contribution in [0, 0.1) is 13.8 Å². The minimum absolute atomic E-state index is 0.0838. The van der Waals surface area contributed by atoms with Gasteiger partial charge in [0.05, 0.1) is 11.2 Å². The molecule has 0 spiro atoms. The molecule has 0 bridgehead atoms. The Morgan fingerprint density at radius 2 is 1.53 bits per heavy atom. The second-order valence-electron chi connectivity index (χ2n) is 8.68. The number of sulfone groups is 1. The molecule has 1 aliphatic heterocycles. The Morgan fingerprint density at radius 1 is 0.861 bits per heavy atom. The van der Waals surface area contributed by atoms with E-state index in [1.165, 1.54) is 35.4 Å². The number of amides is 3. The maximum Gasteiger partial charge on any atom is 0.288 e. The molecule has 3 amide bonds. The Hall–Kier alpha value is -3.92. The lowest BCUT2D eigenvalue weighted by atomic mass is 10.1. The molecule has 10 heteroatoms. The van der Waals surface area contributed by atoms with Crippen molar-refractivity contribution in [2.45, 2.75) is 24.1 Å². The van der Waals surface area contributed by atoms with Crippen LogP contribution in [0.2, 0.25) is 0 Å². The van der Waals surface area contributed by atoms with E-state index >= 15 is 0 Å². The number of carbonyl (C=O) groups is 3. The number of rotatable bonds is 6. The van der Waals surface area contributed by atoms with Gasteiger partial charge in [0.1, 0.15) is 0 Å². The van der Waals surface area contributed by atoms with Gasteiger partial charge in [-0.05, 0) is 50.2 Å². The van der Waals surface area contributed by atoms with Gasteiger partial charge in [-0.1, -0.05) is 35.4 Å². The number of hydrogen-bond acceptors (Lipinski definition) is 6. The van der Waals surface area contributed by atoms with Gasteiger partial charge < -0.3 is 19.5 Å². The van der Waals surface area contributed by atoms with Crippen molar-refractivity contribution in [1.29, 1.82) is 0 Å². The number of furan rings is 1. The summed E-state index contributed by atoms with van der Waals surface area (Å²) in [5.74, 6) is -1.85. The zero-order valence-corrected chi connectivity index (χ0v) is 20.8. The van der Waals surface area contributed by atoms with Gasteiger partial charge in [-0.3, -0.25) is 14.4 Å². The highest BCUT2D eigenvalue weighted by Gasteiger charge is 2.40. The minimum atomic E-state index is -4.28. The first kappa shape index (κ1) is 25.2. The average Bonchev–Trinajstić information content (AvgIpc) is 3.42. The van der Waals surface area contributed by atoms with Crippen molar-refractivity contribution < 1.29 is 27.2 Å².